The van der Waals surface area contributed by atoms with E-state index >= 15 is 0 Å². The Bertz CT molecular complexity index is 1890. The van der Waals surface area contributed by atoms with Crippen molar-refractivity contribution in [3.05, 3.63) is 94.0 Å². The number of nitrogens with zero attached hydrogens (tertiary/aromatic N) is 1. The number of rotatable bonds is 2. The van der Waals surface area contributed by atoms with Crippen LogP contribution in [0.2, 0.25) is 5.02 Å². The number of benzene rings is 3. The molecule has 1 saturated carbocycles. The molecule has 0 aromatic heterocycles. The first kappa shape index (κ1) is 34.9. The highest BCUT2D eigenvalue weighted by Crippen LogP contribution is 2.49. The number of aryl methyl sites for hydroxylation is 1. The van der Waals surface area contributed by atoms with Crippen molar-refractivity contribution in [2.24, 2.45) is 17.8 Å². The molecule has 2 heterocycles. The van der Waals surface area contributed by atoms with Crippen molar-refractivity contribution in [2.45, 2.75) is 88.3 Å². The molecule has 0 saturated heterocycles. The topological polar surface area (TPSA) is 105 Å². The van der Waals surface area contributed by atoms with Gasteiger partial charge in [-0.1, -0.05) is 49.2 Å². The standard InChI is InChI=1S/C40H48ClN3O5S/c1-26-9-7-19-39(3,42-37(45)28-10-5-4-6-11-28)33-16-13-31(33)23-44-24-40(20-8-12-29-21-32(41)15-17-34(29)40)25-49-36-18-14-30(22-35(36)44)38(46)43-50(47,48)27(26)2/h4-6,10-11,14-15,17-18,21-22,26-27,31,33H,7-9,12-13,16,19-20,23-25H2,1-3H3,(H,42,45)(H,43,46)/t26-,27+,31-,33+,39-,40-/m0/s1. The number of fused-ring (bicyclic) bond motifs is 4. The van der Waals surface area contributed by atoms with E-state index < -0.39 is 26.7 Å². The molecule has 2 aliphatic carbocycles. The van der Waals surface area contributed by atoms with Crippen molar-refractivity contribution in [1.29, 1.82) is 0 Å². The fourth-order valence-corrected chi connectivity index (χ4v) is 10.5. The third-order valence-electron chi connectivity index (χ3n) is 12.3. The van der Waals surface area contributed by atoms with Crippen LogP contribution < -0.4 is 19.7 Å². The van der Waals surface area contributed by atoms with E-state index in [4.69, 9.17) is 16.3 Å². The lowest BCUT2D eigenvalue weighted by Crippen LogP contribution is -2.59. The van der Waals surface area contributed by atoms with Gasteiger partial charge in [-0.15, -0.1) is 0 Å². The number of hydrogen-bond acceptors (Lipinski definition) is 6. The summed E-state index contributed by atoms with van der Waals surface area (Å²) in [5, 5.41) is 3.43. The van der Waals surface area contributed by atoms with Crippen LogP contribution in [0, 0.1) is 17.8 Å². The number of halogens is 1. The maximum Gasteiger partial charge on any atom is 0.264 e. The number of anilines is 1. The van der Waals surface area contributed by atoms with E-state index in [9.17, 15) is 18.0 Å². The number of sulfonamides is 1. The van der Waals surface area contributed by atoms with E-state index in [1.807, 2.05) is 49.4 Å². The average Bonchev–Trinajstić information content (AvgIpc) is 3.22. The van der Waals surface area contributed by atoms with Crippen LogP contribution in [0.5, 0.6) is 5.75 Å². The molecule has 3 aromatic carbocycles. The van der Waals surface area contributed by atoms with E-state index in [1.54, 1.807) is 19.1 Å². The van der Waals surface area contributed by atoms with Gasteiger partial charge in [0, 0.05) is 40.2 Å². The van der Waals surface area contributed by atoms with E-state index in [0.29, 0.717) is 30.9 Å². The number of hydrogen-bond donors (Lipinski definition) is 2. The molecule has 7 rings (SSSR count). The van der Waals surface area contributed by atoms with Gasteiger partial charge < -0.3 is 15.0 Å². The second kappa shape index (κ2) is 13.5. The minimum absolute atomic E-state index is 0.0885. The third kappa shape index (κ3) is 6.63. The van der Waals surface area contributed by atoms with Crippen LogP contribution in [0.25, 0.3) is 0 Å². The molecule has 1 fully saturated rings. The quantitative estimate of drug-likeness (QED) is 0.289. The summed E-state index contributed by atoms with van der Waals surface area (Å²) in [6.45, 7) is 7.66. The van der Waals surface area contributed by atoms with Gasteiger partial charge in [0.2, 0.25) is 10.0 Å². The number of ether oxygens (including phenoxy) is 1. The summed E-state index contributed by atoms with van der Waals surface area (Å²) in [5.74, 6) is 0.269. The summed E-state index contributed by atoms with van der Waals surface area (Å²) in [6.07, 6.45) is 7.06. The molecule has 50 heavy (non-hydrogen) atoms. The Balaban J connectivity index is 1.30. The molecule has 266 valence electrons. The molecule has 2 aliphatic heterocycles. The number of amides is 2. The molecule has 2 amide bonds. The van der Waals surface area contributed by atoms with Crippen molar-refractivity contribution >= 4 is 39.1 Å². The smallest absolute Gasteiger partial charge is 0.264 e. The van der Waals surface area contributed by atoms with Crippen molar-refractivity contribution in [2.75, 3.05) is 24.6 Å². The zero-order valence-electron chi connectivity index (χ0n) is 29.2. The summed E-state index contributed by atoms with van der Waals surface area (Å²) in [7, 11) is -3.95. The second-order valence-electron chi connectivity index (χ2n) is 15.5. The Morgan fingerprint density at radius 1 is 1.00 bits per heavy atom. The monoisotopic (exact) mass is 717 g/mol. The van der Waals surface area contributed by atoms with Crippen molar-refractivity contribution in [1.82, 2.24) is 10.0 Å². The van der Waals surface area contributed by atoms with Gasteiger partial charge in [-0.05, 0) is 130 Å². The van der Waals surface area contributed by atoms with Crippen LogP contribution in [0.3, 0.4) is 0 Å². The Morgan fingerprint density at radius 3 is 2.56 bits per heavy atom. The van der Waals surface area contributed by atoms with Crippen LogP contribution >= 0.6 is 11.6 Å². The van der Waals surface area contributed by atoms with Crippen LogP contribution in [-0.4, -0.2) is 50.7 Å². The van der Waals surface area contributed by atoms with E-state index in [2.05, 4.69) is 34.0 Å². The lowest BCUT2D eigenvalue weighted by molar-refractivity contribution is 0.0495. The summed E-state index contributed by atoms with van der Waals surface area (Å²) in [5.41, 5.74) is 3.42. The van der Waals surface area contributed by atoms with Gasteiger partial charge in [-0.25, -0.2) is 13.1 Å². The summed E-state index contributed by atoms with van der Waals surface area (Å²) < 4.78 is 36.0. The van der Waals surface area contributed by atoms with Gasteiger partial charge in [0.25, 0.3) is 11.8 Å². The highest BCUT2D eigenvalue weighted by Gasteiger charge is 2.48. The molecule has 4 aliphatic rings. The molecule has 0 radical (unpaired) electrons. The Labute approximate surface area is 301 Å². The van der Waals surface area contributed by atoms with Gasteiger partial charge in [0.1, 0.15) is 5.75 Å². The minimum atomic E-state index is -3.95. The summed E-state index contributed by atoms with van der Waals surface area (Å²) in [4.78, 5) is 29.6. The average molecular weight is 718 g/mol. The first-order valence-electron chi connectivity index (χ1n) is 18.1. The Morgan fingerprint density at radius 2 is 1.80 bits per heavy atom. The number of carbonyl (C=O) groups is 2. The van der Waals surface area contributed by atoms with E-state index in [-0.39, 0.29) is 34.6 Å². The van der Waals surface area contributed by atoms with Crippen molar-refractivity contribution in [3.8, 4) is 5.75 Å². The van der Waals surface area contributed by atoms with Crippen molar-refractivity contribution in [3.63, 3.8) is 0 Å². The van der Waals surface area contributed by atoms with Gasteiger partial charge in [-0.3, -0.25) is 9.59 Å². The Hall–Kier alpha value is -3.56. The third-order valence-corrected chi connectivity index (χ3v) is 14.5. The van der Waals surface area contributed by atoms with Crippen molar-refractivity contribution < 1.29 is 22.7 Å². The summed E-state index contributed by atoms with van der Waals surface area (Å²) >= 11 is 6.46. The first-order chi connectivity index (χ1) is 23.9. The molecule has 3 aromatic rings. The van der Waals surface area contributed by atoms with Gasteiger partial charge in [0.15, 0.2) is 0 Å². The molecule has 10 heteroatoms. The van der Waals surface area contributed by atoms with E-state index in [0.717, 1.165) is 62.2 Å². The van der Waals surface area contributed by atoms with E-state index in [1.165, 1.54) is 11.1 Å². The molecule has 0 unspecified atom stereocenters. The maximum atomic E-state index is 13.7. The normalized spacial score (nSPS) is 30.8. The summed E-state index contributed by atoms with van der Waals surface area (Å²) in [6, 6.07) is 20.8. The zero-order valence-corrected chi connectivity index (χ0v) is 30.8. The van der Waals surface area contributed by atoms with Crippen LogP contribution in [0.1, 0.15) is 97.6 Å². The lowest BCUT2D eigenvalue weighted by Gasteiger charge is -2.51. The highest BCUT2D eigenvalue weighted by atomic mass is 35.5. The maximum absolute atomic E-state index is 13.7. The van der Waals surface area contributed by atoms with Crippen LogP contribution in [-0.2, 0) is 21.9 Å². The Kier molecular flexibility index (Phi) is 9.44. The lowest BCUT2D eigenvalue weighted by atomic mass is 9.61. The predicted octanol–water partition coefficient (Wildman–Crippen LogP) is 7.30. The largest absolute Gasteiger partial charge is 0.490 e. The molecule has 2 bridgehead atoms. The second-order valence-corrected chi connectivity index (χ2v) is 18.0. The van der Waals surface area contributed by atoms with Gasteiger partial charge in [0.05, 0.1) is 17.5 Å². The fraction of sp³-hybridized carbons (Fsp3) is 0.500. The molecule has 2 N–H and O–H groups in total. The minimum Gasteiger partial charge on any atom is -0.490 e. The first-order valence-corrected chi connectivity index (χ1v) is 20.0. The molecular weight excluding hydrogens is 670 g/mol. The molecule has 8 nitrogen and oxygen atoms in total. The SMILES string of the molecule is C[C@@H]1[C@@H](C)CCC[C@](C)(NC(=O)c2ccccc2)[C@@H]2CC[C@H]2CN2C[C@@]3(CCCc4cc(Cl)ccc43)COc3ccc(cc32)C(=O)NS1(=O)=O. The number of nitrogens with one attached hydrogen (secondary N) is 2. The predicted molar refractivity (Wildman–Crippen MR) is 198 cm³/mol. The fourth-order valence-electron chi connectivity index (χ4n) is 9.04. The molecule has 6 atom stereocenters. The molecular formula is C40H48ClN3O5S. The zero-order chi connectivity index (χ0) is 35.3. The highest BCUT2D eigenvalue weighted by molar-refractivity contribution is 7.90. The molecule has 1 spiro atoms. The van der Waals surface area contributed by atoms with Crippen LogP contribution in [0.15, 0.2) is 66.7 Å². The van der Waals surface area contributed by atoms with Crippen LogP contribution in [0.4, 0.5) is 5.69 Å². The van der Waals surface area contributed by atoms with Gasteiger partial charge >= 0.3 is 0 Å². The number of carbonyl (C=O) groups excluding carboxylic acids is 2. The van der Waals surface area contributed by atoms with Gasteiger partial charge in [-0.2, -0.15) is 0 Å².